The first-order chi connectivity index (χ1) is 9.72. The summed E-state index contributed by atoms with van der Waals surface area (Å²) in [5, 5.41) is 2.56. The summed E-state index contributed by atoms with van der Waals surface area (Å²) in [6.07, 6.45) is 8.68. The minimum absolute atomic E-state index is 0.0502. The number of hydrogen-bond acceptors (Lipinski definition) is 3. The molecule has 3 aliphatic rings. The first-order valence-electron chi connectivity index (χ1n) is 8.08. The molecule has 0 aromatic heterocycles. The molecule has 2 aliphatic heterocycles. The molecule has 1 N–H and O–H groups in total. The van der Waals surface area contributed by atoms with Gasteiger partial charge in [-0.1, -0.05) is 25.7 Å². The SMILES string of the molecule is O=C1NC(=O)C2(CCCCCC2)N1CCN1CCCC1. The highest BCUT2D eigenvalue weighted by Crippen LogP contribution is 2.36. The van der Waals surface area contributed by atoms with Crippen molar-refractivity contribution in [3.63, 3.8) is 0 Å². The van der Waals surface area contributed by atoms with Gasteiger partial charge >= 0.3 is 6.03 Å². The van der Waals surface area contributed by atoms with Crippen molar-refractivity contribution in [2.45, 2.75) is 56.9 Å². The van der Waals surface area contributed by atoms with Crippen molar-refractivity contribution in [3.8, 4) is 0 Å². The van der Waals surface area contributed by atoms with Crippen molar-refractivity contribution in [3.05, 3.63) is 0 Å². The van der Waals surface area contributed by atoms with Gasteiger partial charge in [-0.3, -0.25) is 10.1 Å². The molecule has 0 aromatic rings. The van der Waals surface area contributed by atoms with Crippen LogP contribution in [-0.2, 0) is 4.79 Å². The third-order valence-electron chi connectivity index (χ3n) is 5.17. The average Bonchev–Trinajstić information content (AvgIpc) is 2.91. The number of imide groups is 1. The van der Waals surface area contributed by atoms with Gasteiger partial charge in [0.1, 0.15) is 5.54 Å². The Morgan fingerprint density at radius 1 is 0.900 bits per heavy atom. The summed E-state index contributed by atoms with van der Waals surface area (Å²) in [6, 6.07) is -0.170. The van der Waals surface area contributed by atoms with Gasteiger partial charge in [0, 0.05) is 13.1 Å². The Morgan fingerprint density at radius 2 is 1.55 bits per heavy atom. The minimum atomic E-state index is -0.534. The molecule has 1 aliphatic carbocycles. The van der Waals surface area contributed by atoms with Crippen LogP contribution in [0.25, 0.3) is 0 Å². The quantitative estimate of drug-likeness (QED) is 0.800. The standard InChI is InChI=1S/C15H25N3O2/c19-13-15(7-3-1-2-4-8-15)18(14(20)16-13)12-11-17-9-5-6-10-17/h1-12H2,(H,16,19,20). The molecule has 5 nitrogen and oxygen atoms in total. The number of hydrogen-bond donors (Lipinski definition) is 1. The number of nitrogens with zero attached hydrogens (tertiary/aromatic N) is 2. The molecule has 0 bridgehead atoms. The molecule has 2 saturated heterocycles. The molecule has 3 rings (SSSR count). The van der Waals surface area contributed by atoms with Crippen LogP contribution >= 0.6 is 0 Å². The third kappa shape index (κ3) is 2.43. The van der Waals surface area contributed by atoms with E-state index in [4.69, 9.17) is 0 Å². The summed E-state index contributed by atoms with van der Waals surface area (Å²) in [6.45, 7) is 3.87. The molecule has 1 saturated carbocycles. The van der Waals surface area contributed by atoms with E-state index >= 15 is 0 Å². The predicted molar refractivity (Wildman–Crippen MR) is 76.4 cm³/mol. The molecule has 0 unspecified atom stereocenters. The van der Waals surface area contributed by atoms with E-state index in [1.807, 2.05) is 4.90 Å². The summed E-state index contributed by atoms with van der Waals surface area (Å²) in [5.74, 6) is -0.0502. The minimum Gasteiger partial charge on any atom is -0.308 e. The fourth-order valence-corrected chi connectivity index (χ4v) is 3.97. The van der Waals surface area contributed by atoms with E-state index in [1.54, 1.807) is 0 Å². The van der Waals surface area contributed by atoms with E-state index < -0.39 is 5.54 Å². The Morgan fingerprint density at radius 3 is 2.20 bits per heavy atom. The van der Waals surface area contributed by atoms with Crippen molar-refractivity contribution < 1.29 is 9.59 Å². The summed E-state index contributed by atoms with van der Waals surface area (Å²) in [7, 11) is 0. The molecule has 5 heteroatoms. The molecule has 0 aromatic carbocycles. The predicted octanol–water partition coefficient (Wildman–Crippen LogP) is 1.73. The van der Waals surface area contributed by atoms with Gasteiger partial charge in [-0.15, -0.1) is 0 Å². The molecule has 20 heavy (non-hydrogen) atoms. The first-order valence-corrected chi connectivity index (χ1v) is 8.08. The van der Waals surface area contributed by atoms with Crippen molar-refractivity contribution in [2.75, 3.05) is 26.2 Å². The van der Waals surface area contributed by atoms with Gasteiger partial charge < -0.3 is 9.80 Å². The Labute approximate surface area is 120 Å². The van der Waals surface area contributed by atoms with Crippen LogP contribution in [0.5, 0.6) is 0 Å². The van der Waals surface area contributed by atoms with E-state index in [0.29, 0.717) is 6.54 Å². The van der Waals surface area contributed by atoms with E-state index in [9.17, 15) is 9.59 Å². The van der Waals surface area contributed by atoms with Gasteiger partial charge in [-0.05, 0) is 38.8 Å². The average molecular weight is 279 g/mol. The maximum atomic E-state index is 12.3. The largest absolute Gasteiger partial charge is 0.325 e. The smallest absolute Gasteiger partial charge is 0.308 e. The molecule has 0 atom stereocenters. The Kier molecular flexibility index (Phi) is 3.96. The van der Waals surface area contributed by atoms with Crippen LogP contribution in [0, 0.1) is 0 Å². The lowest BCUT2D eigenvalue weighted by Crippen LogP contribution is -2.51. The Hall–Kier alpha value is -1.10. The van der Waals surface area contributed by atoms with Gasteiger partial charge in [0.05, 0.1) is 0 Å². The molecular weight excluding hydrogens is 254 g/mol. The highest BCUT2D eigenvalue weighted by atomic mass is 16.2. The number of rotatable bonds is 3. The number of amides is 3. The monoisotopic (exact) mass is 279 g/mol. The maximum Gasteiger partial charge on any atom is 0.325 e. The van der Waals surface area contributed by atoms with Gasteiger partial charge in [0.2, 0.25) is 0 Å². The maximum absolute atomic E-state index is 12.3. The molecule has 3 fully saturated rings. The molecule has 2 heterocycles. The van der Waals surface area contributed by atoms with Crippen LogP contribution in [0.2, 0.25) is 0 Å². The Bertz CT molecular complexity index is 383. The molecule has 112 valence electrons. The normalized spacial score (nSPS) is 27.1. The molecule has 0 radical (unpaired) electrons. The zero-order valence-electron chi connectivity index (χ0n) is 12.2. The van der Waals surface area contributed by atoms with Gasteiger partial charge in [0.25, 0.3) is 5.91 Å². The highest BCUT2D eigenvalue weighted by Gasteiger charge is 2.52. The lowest BCUT2D eigenvalue weighted by molar-refractivity contribution is -0.127. The second-order valence-electron chi connectivity index (χ2n) is 6.41. The molecular formula is C15H25N3O2. The van der Waals surface area contributed by atoms with Crippen molar-refractivity contribution in [1.82, 2.24) is 15.1 Å². The van der Waals surface area contributed by atoms with Crippen LogP contribution in [-0.4, -0.2) is 53.5 Å². The lowest BCUT2D eigenvalue weighted by Gasteiger charge is -2.35. The number of carbonyl (C=O) groups is 2. The van der Waals surface area contributed by atoms with Gasteiger partial charge in [-0.2, -0.15) is 0 Å². The van der Waals surface area contributed by atoms with Gasteiger partial charge in [-0.25, -0.2) is 4.79 Å². The van der Waals surface area contributed by atoms with Crippen LogP contribution in [0.4, 0.5) is 4.79 Å². The number of carbonyl (C=O) groups excluding carboxylic acids is 2. The number of nitrogens with one attached hydrogen (secondary N) is 1. The fraction of sp³-hybridized carbons (Fsp3) is 0.867. The Balaban J connectivity index is 1.71. The second-order valence-corrected chi connectivity index (χ2v) is 6.41. The topological polar surface area (TPSA) is 52.7 Å². The summed E-state index contributed by atoms with van der Waals surface area (Å²) >= 11 is 0. The number of likely N-dealkylation sites (tertiary alicyclic amines) is 1. The summed E-state index contributed by atoms with van der Waals surface area (Å²) < 4.78 is 0. The van der Waals surface area contributed by atoms with Crippen LogP contribution in [0.3, 0.4) is 0 Å². The summed E-state index contributed by atoms with van der Waals surface area (Å²) in [4.78, 5) is 28.7. The summed E-state index contributed by atoms with van der Waals surface area (Å²) in [5.41, 5.74) is -0.534. The van der Waals surface area contributed by atoms with E-state index in [0.717, 1.165) is 45.3 Å². The van der Waals surface area contributed by atoms with E-state index in [2.05, 4.69) is 10.2 Å². The molecule has 1 spiro atoms. The van der Waals surface area contributed by atoms with Crippen molar-refractivity contribution >= 4 is 11.9 Å². The zero-order valence-corrected chi connectivity index (χ0v) is 12.2. The van der Waals surface area contributed by atoms with Crippen LogP contribution < -0.4 is 5.32 Å². The fourth-order valence-electron chi connectivity index (χ4n) is 3.97. The first kappa shape index (κ1) is 13.9. The second kappa shape index (κ2) is 5.72. The lowest BCUT2D eigenvalue weighted by atomic mass is 9.88. The van der Waals surface area contributed by atoms with Crippen molar-refractivity contribution in [2.24, 2.45) is 0 Å². The van der Waals surface area contributed by atoms with Gasteiger partial charge in [0.15, 0.2) is 0 Å². The van der Waals surface area contributed by atoms with E-state index in [1.165, 1.54) is 25.7 Å². The van der Waals surface area contributed by atoms with Crippen LogP contribution in [0.1, 0.15) is 51.4 Å². The van der Waals surface area contributed by atoms with E-state index in [-0.39, 0.29) is 11.9 Å². The third-order valence-corrected chi connectivity index (χ3v) is 5.17. The zero-order chi connectivity index (χ0) is 14.0. The van der Waals surface area contributed by atoms with Crippen molar-refractivity contribution in [1.29, 1.82) is 0 Å². The molecule has 3 amide bonds. The number of urea groups is 1. The van der Waals surface area contributed by atoms with Crippen LogP contribution in [0.15, 0.2) is 0 Å². The highest BCUT2D eigenvalue weighted by molar-refractivity contribution is 6.07.